The average Bonchev–Trinajstić information content (AvgIpc) is 2.53. The van der Waals surface area contributed by atoms with Crippen molar-refractivity contribution < 1.29 is 4.74 Å². The monoisotopic (exact) mass is 345 g/mol. The van der Waals surface area contributed by atoms with Crippen molar-refractivity contribution in [2.75, 3.05) is 11.9 Å². The van der Waals surface area contributed by atoms with Crippen molar-refractivity contribution in [3.05, 3.63) is 70.2 Å². The average molecular weight is 346 g/mol. The first kappa shape index (κ1) is 16.0. The van der Waals surface area contributed by atoms with Crippen molar-refractivity contribution in [1.82, 2.24) is 0 Å². The Balaban J connectivity index is 1.95. The van der Waals surface area contributed by atoms with E-state index in [-0.39, 0.29) is 0 Å². The number of anilines is 1. The van der Waals surface area contributed by atoms with Crippen LogP contribution in [0, 0.1) is 0 Å². The number of hydrogen-bond acceptors (Lipinski definition) is 2. The van der Waals surface area contributed by atoms with Crippen LogP contribution < -0.4 is 10.1 Å². The number of nitrogens with one attached hydrogen (secondary N) is 1. The summed E-state index contributed by atoms with van der Waals surface area (Å²) < 4.78 is 5.79. The molecule has 4 heteroatoms. The molecule has 0 bridgehead atoms. The molecule has 118 valence electrons. The third-order valence-corrected chi connectivity index (χ3v) is 4.07. The molecular formula is C19H17Cl2NO. The highest BCUT2D eigenvalue weighted by molar-refractivity contribution is 6.35. The van der Waals surface area contributed by atoms with E-state index < -0.39 is 0 Å². The second kappa shape index (κ2) is 7.12. The zero-order valence-electron chi connectivity index (χ0n) is 12.8. The van der Waals surface area contributed by atoms with Crippen LogP contribution in [-0.2, 0) is 6.54 Å². The van der Waals surface area contributed by atoms with Crippen LogP contribution in [0.2, 0.25) is 10.0 Å². The summed E-state index contributed by atoms with van der Waals surface area (Å²) in [7, 11) is 0. The van der Waals surface area contributed by atoms with Gasteiger partial charge in [0.05, 0.1) is 6.61 Å². The summed E-state index contributed by atoms with van der Waals surface area (Å²) in [6.45, 7) is 3.25. The van der Waals surface area contributed by atoms with E-state index >= 15 is 0 Å². The summed E-state index contributed by atoms with van der Waals surface area (Å²) in [5.74, 6) is 0.895. The molecule has 3 aromatic rings. The van der Waals surface area contributed by atoms with E-state index in [1.807, 2.05) is 37.3 Å². The number of benzene rings is 3. The second-order valence-corrected chi connectivity index (χ2v) is 6.08. The Morgan fingerprint density at radius 3 is 2.43 bits per heavy atom. The van der Waals surface area contributed by atoms with Gasteiger partial charge in [0, 0.05) is 27.8 Å². The van der Waals surface area contributed by atoms with Crippen molar-refractivity contribution in [2.24, 2.45) is 0 Å². The maximum absolute atomic E-state index is 6.06. The van der Waals surface area contributed by atoms with Gasteiger partial charge >= 0.3 is 0 Å². The van der Waals surface area contributed by atoms with E-state index in [1.54, 1.807) is 6.07 Å². The minimum Gasteiger partial charge on any atom is -0.494 e. The molecule has 2 nitrogen and oxygen atoms in total. The fourth-order valence-corrected chi connectivity index (χ4v) is 3.16. The van der Waals surface area contributed by atoms with Gasteiger partial charge in [-0.15, -0.1) is 0 Å². The highest BCUT2D eigenvalue weighted by Gasteiger charge is 2.09. The predicted octanol–water partition coefficient (Wildman–Crippen LogP) is 6.16. The number of hydrogen-bond donors (Lipinski definition) is 1. The van der Waals surface area contributed by atoms with E-state index in [4.69, 9.17) is 27.9 Å². The maximum atomic E-state index is 6.06. The fourth-order valence-electron chi connectivity index (χ4n) is 2.64. The lowest BCUT2D eigenvalue weighted by atomic mass is 10.0. The molecule has 0 atom stereocenters. The third kappa shape index (κ3) is 3.72. The molecule has 0 radical (unpaired) electrons. The first-order chi connectivity index (χ1) is 11.2. The largest absolute Gasteiger partial charge is 0.494 e. The molecule has 3 rings (SSSR count). The fraction of sp³-hybridized carbons (Fsp3) is 0.158. The van der Waals surface area contributed by atoms with E-state index in [0.29, 0.717) is 23.2 Å². The molecule has 0 unspecified atom stereocenters. The Kier molecular flexibility index (Phi) is 4.94. The third-order valence-electron chi connectivity index (χ3n) is 3.63. The Morgan fingerprint density at radius 1 is 0.957 bits per heavy atom. The molecule has 0 fully saturated rings. The second-order valence-electron chi connectivity index (χ2n) is 5.21. The van der Waals surface area contributed by atoms with Crippen molar-refractivity contribution in [1.29, 1.82) is 0 Å². The Bertz CT molecular complexity index is 812. The van der Waals surface area contributed by atoms with Crippen LogP contribution in [-0.4, -0.2) is 6.61 Å². The molecule has 0 saturated carbocycles. The van der Waals surface area contributed by atoms with Crippen molar-refractivity contribution in [3.63, 3.8) is 0 Å². The predicted molar refractivity (Wildman–Crippen MR) is 98.9 cm³/mol. The van der Waals surface area contributed by atoms with Crippen LogP contribution in [0.4, 0.5) is 5.69 Å². The summed E-state index contributed by atoms with van der Waals surface area (Å²) in [6.07, 6.45) is 0. The Labute approximate surface area is 146 Å². The van der Waals surface area contributed by atoms with Gasteiger partial charge < -0.3 is 10.1 Å². The SMILES string of the molecule is CCOc1ccc2ccccc2c1CNc1cc(Cl)cc(Cl)c1. The molecule has 0 aliphatic rings. The van der Waals surface area contributed by atoms with Gasteiger partial charge in [-0.1, -0.05) is 53.5 Å². The van der Waals surface area contributed by atoms with Gasteiger partial charge in [0.15, 0.2) is 0 Å². The number of rotatable bonds is 5. The van der Waals surface area contributed by atoms with Crippen LogP contribution in [0.5, 0.6) is 5.75 Å². The lowest BCUT2D eigenvalue weighted by Crippen LogP contribution is -2.04. The number of halogens is 2. The van der Waals surface area contributed by atoms with Gasteiger partial charge in [0.1, 0.15) is 5.75 Å². The standard InChI is InChI=1S/C19H17Cl2NO/c1-2-23-19-8-7-13-5-3-4-6-17(13)18(19)12-22-16-10-14(20)9-15(21)11-16/h3-11,22H,2,12H2,1H3. The molecular weight excluding hydrogens is 329 g/mol. The summed E-state index contributed by atoms with van der Waals surface area (Å²) in [4.78, 5) is 0. The number of fused-ring (bicyclic) bond motifs is 1. The van der Waals surface area contributed by atoms with E-state index in [9.17, 15) is 0 Å². The van der Waals surface area contributed by atoms with Crippen LogP contribution >= 0.6 is 23.2 Å². The Hall–Kier alpha value is -1.90. The molecule has 23 heavy (non-hydrogen) atoms. The zero-order chi connectivity index (χ0) is 16.2. The lowest BCUT2D eigenvalue weighted by molar-refractivity contribution is 0.337. The van der Waals surface area contributed by atoms with E-state index in [2.05, 4.69) is 23.5 Å². The topological polar surface area (TPSA) is 21.3 Å². The van der Waals surface area contributed by atoms with Gasteiger partial charge in [-0.3, -0.25) is 0 Å². The molecule has 0 aliphatic carbocycles. The summed E-state index contributed by atoms with van der Waals surface area (Å²) in [5, 5.41) is 6.98. The van der Waals surface area contributed by atoms with Crippen molar-refractivity contribution in [2.45, 2.75) is 13.5 Å². The van der Waals surface area contributed by atoms with Crippen LogP contribution in [0.1, 0.15) is 12.5 Å². The van der Waals surface area contributed by atoms with Gasteiger partial charge in [-0.2, -0.15) is 0 Å². The number of ether oxygens (including phenoxy) is 1. The molecule has 0 amide bonds. The summed E-state index contributed by atoms with van der Waals surface area (Å²) in [5.41, 5.74) is 2.01. The quantitative estimate of drug-likeness (QED) is 0.598. The molecule has 3 aromatic carbocycles. The minimum atomic E-state index is 0.614. The highest BCUT2D eigenvalue weighted by Crippen LogP contribution is 2.30. The first-order valence-corrected chi connectivity index (χ1v) is 8.26. The van der Waals surface area contributed by atoms with Crippen molar-refractivity contribution in [3.8, 4) is 5.75 Å². The Morgan fingerprint density at radius 2 is 1.70 bits per heavy atom. The van der Waals surface area contributed by atoms with Gasteiger partial charge in [-0.25, -0.2) is 0 Å². The molecule has 1 N–H and O–H groups in total. The van der Waals surface area contributed by atoms with Crippen LogP contribution in [0.3, 0.4) is 0 Å². The summed E-state index contributed by atoms with van der Waals surface area (Å²) >= 11 is 12.1. The van der Waals surface area contributed by atoms with Crippen molar-refractivity contribution >= 4 is 39.7 Å². The van der Waals surface area contributed by atoms with E-state index in [0.717, 1.165) is 17.0 Å². The van der Waals surface area contributed by atoms with Crippen LogP contribution in [0.15, 0.2) is 54.6 Å². The van der Waals surface area contributed by atoms with Gasteiger partial charge in [-0.05, 0) is 42.0 Å². The minimum absolute atomic E-state index is 0.614. The zero-order valence-corrected chi connectivity index (χ0v) is 14.3. The highest BCUT2D eigenvalue weighted by atomic mass is 35.5. The van der Waals surface area contributed by atoms with Crippen LogP contribution in [0.25, 0.3) is 10.8 Å². The molecule has 0 aromatic heterocycles. The van der Waals surface area contributed by atoms with E-state index in [1.165, 1.54) is 10.8 Å². The molecule has 0 spiro atoms. The molecule has 0 aliphatic heterocycles. The smallest absolute Gasteiger partial charge is 0.124 e. The lowest BCUT2D eigenvalue weighted by Gasteiger charge is -2.15. The van der Waals surface area contributed by atoms with Gasteiger partial charge in [0.2, 0.25) is 0 Å². The normalized spacial score (nSPS) is 10.7. The first-order valence-electron chi connectivity index (χ1n) is 7.51. The van der Waals surface area contributed by atoms with Gasteiger partial charge in [0.25, 0.3) is 0 Å². The molecule has 0 saturated heterocycles. The molecule has 0 heterocycles. The summed E-state index contributed by atoms with van der Waals surface area (Å²) in [6, 6.07) is 17.8. The maximum Gasteiger partial charge on any atom is 0.124 e.